The second-order valence-corrected chi connectivity index (χ2v) is 6.73. The SMILES string of the molecule is COc1cccc(-c2ncc(CNC[C@@]3(O)CCNC3)s2)c1. The molecule has 0 radical (unpaired) electrons. The minimum atomic E-state index is -0.611. The molecule has 1 aliphatic heterocycles. The van der Waals surface area contributed by atoms with Gasteiger partial charge < -0.3 is 20.5 Å². The number of methoxy groups -OCH3 is 1. The van der Waals surface area contributed by atoms with Crippen LogP contribution in [0, 0.1) is 0 Å². The van der Waals surface area contributed by atoms with E-state index < -0.39 is 5.60 Å². The Kier molecular flexibility index (Phi) is 4.73. The molecule has 1 atom stereocenters. The van der Waals surface area contributed by atoms with E-state index >= 15 is 0 Å². The number of thiazole rings is 1. The van der Waals surface area contributed by atoms with Crippen LogP contribution in [0.5, 0.6) is 5.75 Å². The number of hydrogen-bond acceptors (Lipinski definition) is 6. The first kappa shape index (κ1) is 15.4. The van der Waals surface area contributed by atoms with Gasteiger partial charge in [0, 0.05) is 36.3 Å². The first-order chi connectivity index (χ1) is 10.7. The lowest BCUT2D eigenvalue weighted by Gasteiger charge is -2.21. The molecule has 0 bridgehead atoms. The number of nitrogens with one attached hydrogen (secondary N) is 2. The number of hydrogen-bond donors (Lipinski definition) is 3. The molecule has 5 nitrogen and oxygen atoms in total. The second-order valence-electron chi connectivity index (χ2n) is 5.62. The highest BCUT2D eigenvalue weighted by Gasteiger charge is 2.30. The van der Waals surface area contributed by atoms with E-state index in [4.69, 9.17) is 4.74 Å². The van der Waals surface area contributed by atoms with Crippen molar-refractivity contribution in [2.75, 3.05) is 26.7 Å². The molecule has 3 N–H and O–H groups in total. The van der Waals surface area contributed by atoms with Crippen LogP contribution < -0.4 is 15.4 Å². The van der Waals surface area contributed by atoms with Crippen molar-refractivity contribution in [3.63, 3.8) is 0 Å². The molecule has 1 fully saturated rings. The Morgan fingerprint density at radius 1 is 1.50 bits per heavy atom. The summed E-state index contributed by atoms with van der Waals surface area (Å²) in [7, 11) is 1.67. The molecule has 1 saturated heterocycles. The predicted molar refractivity (Wildman–Crippen MR) is 88.2 cm³/mol. The van der Waals surface area contributed by atoms with Crippen molar-refractivity contribution in [1.29, 1.82) is 0 Å². The zero-order chi connectivity index (χ0) is 15.4. The average molecular weight is 319 g/mol. The van der Waals surface area contributed by atoms with Crippen molar-refractivity contribution in [2.24, 2.45) is 0 Å². The lowest BCUT2D eigenvalue weighted by Crippen LogP contribution is -2.42. The molecule has 118 valence electrons. The number of nitrogens with zero attached hydrogens (tertiary/aromatic N) is 1. The Balaban J connectivity index is 1.59. The molecule has 1 aromatic carbocycles. The zero-order valence-corrected chi connectivity index (χ0v) is 13.4. The molecule has 2 heterocycles. The first-order valence-corrected chi connectivity index (χ1v) is 8.23. The number of aromatic nitrogens is 1. The maximum absolute atomic E-state index is 10.3. The number of rotatable bonds is 6. The maximum atomic E-state index is 10.3. The third-order valence-electron chi connectivity index (χ3n) is 3.84. The van der Waals surface area contributed by atoms with Crippen molar-refractivity contribution < 1.29 is 9.84 Å². The summed E-state index contributed by atoms with van der Waals surface area (Å²) in [5.74, 6) is 0.836. The molecule has 0 amide bonds. The van der Waals surface area contributed by atoms with Crippen molar-refractivity contribution >= 4 is 11.3 Å². The number of β-amino-alcohol motifs (C(OH)–C–C–N with tert-alkyl or cyclic N) is 1. The lowest BCUT2D eigenvalue weighted by atomic mass is 10.0. The Morgan fingerprint density at radius 2 is 2.41 bits per heavy atom. The van der Waals surface area contributed by atoms with Crippen molar-refractivity contribution in [3.05, 3.63) is 35.3 Å². The molecule has 0 spiro atoms. The van der Waals surface area contributed by atoms with Gasteiger partial charge in [-0.2, -0.15) is 0 Å². The van der Waals surface area contributed by atoms with Crippen molar-refractivity contribution in [2.45, 2.75) is 18.6 Å². The molecule has 1 aromatic heterocycles. The van der Waals surface area contributed by atoms with E-state index in [0.717, 1.165) is 40.7 Å². The molecule has 1 aliphatic rings. The first-order valence-electron chi connectivity index (χ1n) is 7.41. The van der Waals surface area contributed by atoms with Crippen LogP contribution in [0.3, 0.4) is 0 Å². The van der Waals surface area contributed by atoms with Gasteiger partial charge >= 0.3 is 0 Å². The molecule has 0 unspecified atom stereocenters. The Hall–Kier alpha value is -1.47. The van der Waals surface area contributed by atoms with Crippen LogP contribution in [0.4, 0.5) is 0 Å². The van der Waals surface area contributed by atoms with Gasteiger partial charge in [0.2, 0.25) is 0 Å². The highest BCUT2D eigenvalue weighted by Crippen LogP contribution is 2.27. The van der Waals surface area contributed by atoms with Crippen LogP contribution in [-0.2, 0) is 6.54 Å². The standard InChI is InChI=1S/C16H21N3O2S/c1-21-13-4-2-3-12(7-13)15-19-9-14(22-15)8-18-11-16(20)5-6-17-10-16/h2-4,7,9,17-18,20H,5-6,8,10-11H2,1H3/t16-/m1/s1. The van der Waals surface area contributed by atoms with E-state index in [1.807, 2.05) is 30.5 Å². The largest absolute Gasteiger partial charge is 0.497 e. The van der Waals surface area contributed by atoms with E-state index in [1.165, 1.54) is 0 Å². The average Bonchev–Trinajstić information content (AvgIpc) is 3.17. The van der Waals surface area contributed by atoms with E-state index in [2.05, 4.69) is 15.6 Å². The van der Waals surface area contributed by atoms with E-state index in [0.29, 0.717) is 13.1 Å². The Morgan fingerprint density at radius 3 is 3.18 bits per heavy atom. The highest BCUT2D eigenvalue weighted by atomic mass is 32.1. The molecule has 3 rings (SSSR count). The molecule has 6 heteroatoms. The number of ether oxygens (including phenoxy) is 1. The minimum absolute atomic E-state index is 0.604. The Bertz CT molecular complexity index is 623. The Labute approximate surface area is 134 Å². The quantitative estimate of drug-likeness (QED) is 0.755. The van der Waals surface area contributed by atoms with Crippen molar-refractivity contribution in [1.82, 2.24) is 15.6 Å². The fourth-order valence-electron chi connectivity index (χ4n) is 2.58. The zero-order valence-electron chi connectivity index (χ0n) is 12.6. The molecular weight excluding hydrogens is 298 g/mol. The fourth-order valence-corrected chi connectivity index (χ4v) is 3.46. The predicted octanol–water partition coefficient (Wildman–Crippen LogP) is 1.63. The molecule has 0 aliphatic carbocycles. The monoisotopic (exact) mass is 319 g/mol. The van der Waals surface area contributed by atoms with Gasteiger partial charge in [0.1, 0.15) is 10.8 Å². The van der Waals surface area contributed by atoms with Gasteiger partial charge in [-0.05, 0) is 25.1 Å². The van der Waals surface area contributed by atoms with Gasteiger partial charge in [-0.1, -0.05) is 12.1 Å². The number of aliphatic hydroxyl groups is 1. The van der Waals surface area contributed by atoms with Gasteiger partial charge in [-0.3, -0.25) is 0 Å². The van der Waals surface area contributed by atoms with Gasteiger partial charge in [-0.25, -0.2) is 4.98 Å². The maximum Gasteiger partial charge on any atom is 0.123 e. The topological polar surface area (TPSA) is 66.4 Å². The van der Waals surface area contributed by atoms with Gasteiger partial charge in [0.05, 0.1) is 12.7 Å². The van der Waals surface area contributed by atoms with Gasteiger partial charge in [-0.15, -0.1) is 11.3 Å². The second kappa shape index (κ2) is 6.75. The van der Waals surface area contributed by atoms with Crippen LogP contribution in [0.2, 0.25) is 0 Å². The van der Waals surface area contributed by atoms with Crippen LogP contribution in [0.1, 0.15) is 11.3 Å². The fraction of sp³-hybridized carbons (Fsp3) is 0.438. The van der Waals surface area contributed by atoms with Crippen LogP contribution in [-0.4, -0.2) is 42.4 Å². The van der Waals surface area contributed by atoms with Crippen LogP contribution in [0.25, 0.3) is 10.6 Å². The third-order valence-corrected chi connectivity index (χ3v) is 4.89. The summed E-state index contributed by atoms with van der Waals surface area (Å²) in [6, 6.07) is 7.92. The molecule has 22 heavy (non-hydrogen) atoms. The smallest absolute Gasteiger partial charge is 0.123 e. The van der Waals surface area contributed by atoms with E-state index in [1.54, 1.807) is 18.4 Å². The van der Waals surface area contributed by atoms with Gasteiger partial charge in [0.15, 0.2) is 0 Å². The van der Waals surface area contributed by atoms with Gasteiger partial charge in [0.25, 0.3) is 0 Å². The molecule has 2 aromatic rings. The normalized spacial score (nSPS) is 21.2. The summed E-state index contributed by atoms with van der Waals surface area (Å²) in [5, 5.41) is 17.8. The highest BCUT2D eigenvalue weighted by molar-refractivity contribution is 7.15. The van der Waals surface area contributed by atoms with Crippen molar-refractivity contribution in [3.8, 4) is 16.3 Å². The summed E-state index contributed by atoms with van der Waals surface area (Å²) in [5.41, 5.74) is 0.453. The molecular formula is C16H21N3O2S. The summed E-state index contributed by atoms with van der Waals surface area (Å²) >= 11 is 1.66. The molecule has 0 saturated carbocycles. The van der Waals surface area contributed by atoms with E-state index in [9.17, 15) is 5.11 Å². The third kappa shape index (κ3) is 3.64. The van der Waals surface area contributed by atoms with Crippen LogP contribution in [0.15, 0.2) is 30.5 Å². The van der Waals surface area contributed by atoms with E-state index in [-0.39, 0.29) is 0 Å². The summed E-state index contributed by atoms with van der Waals surface area (Å²) in [6.45, 7) is 2.88. The van der Waals surface area contributed by atoms with Crippen LogP contribution >= 0.6 is 11.3 Å². The minimum Gasteiger partial charge on any atom is -0.497 e. The lowest BCUT2D eigenvalue weighted by molar-refractivity contribution is 0.0609. The summed E-state index contributed by atoms with van der Waals surface area (Å²) in [4.78, 5) is 5.64. The number of benzene rings is 1. The summed E-state index contributed by atoms with van der Waals surface area (Å²) in [6.07, 6.45) is 2.70. The summed E-state index contributed by atoms with van der Waals surface area (Å²) < 4.78 is 5.25.